The van der Waals surface area contributed by atoms with Crippen molar-refractivity contribution >= 4 is 22.6 Å². The number of alkyl halides is 3. The first kappa shape index (κ1) is 26.8. The molecule has 0 radical (unpaired) electrons. The summed E-state index contributed by atoms with van der Waals surface area (Å²) in [7, 11) is 0. The molecule has 0 bridgehead atoms. The van der Waals surface area contributed by atoms with Crippen molar-refractivity contribution in [3.8, 4) is 17.2 Å². The molecule has 4 rings (SSSR count). The van der Waals surface area contributed by atoms with Crippen molar-refractivity contribution in [2.45, 2.75) is 39.3 Å². The van der Waals surface area contributed by atoms with Gasteiger partial charge >= 0.3 is 6.18 Å². The summed E-state index contributed by atoms with van der Waals surface area (Å²) in [6, 6.07) is 17.5. The van der Waals surface area contributed by atoms with Crippen LogP contribution in [0, 0.1) is 6.92 Å². The number of ether oxygens (including phenoxy) is 2. The molecule has 0 fully saturated rings. The van der Waals surface area contributed by atoms with Crippen LogP contribution in [0.3, 0.4) is 0 Å². The number of anilines is 1. The zero-order chi connectivity index (χ0) is 27.3. The van der Waals surface area contributed by atoms with E-state index in [0.29, 0.717) is 5.69 Å². The van der Waals surface area contributed by atoms with Crippen LogP contribution in [0.15, 0.2) is 75.9 Å². The Labute approximate surface area is 217 Å². The molecule has 0 atom stereocenters. The fourth-order valence-corrected chi connectivity index (χ4v) is 3.73. The first-order chi connectivity index (χ1) is 18.1. The monoisotopic (exact) mass is 525 g/mol. The number of fused-ring (bicyclic) bond motifs is 1. The zero-order valence-electron chi connectivity index (χ0n) is 20.9. The summed E-state index contributed by atoms with van der Waals surface area (Å²) in [5.74, 6) is -2.85. The fourth-order valence-electron chi connectivity index (χ4n) is 3.73. The Bertz CT molecular complexity index is 1480. The van der Waals surface area contributed by atoms with Crippen LogP contribution < -0.4 is 20.2 Å². The first-order valence-electron chi connectivity index (χ1n) is 12.1. The molecule has 1 amide bonds. The van der Waals surface area contributed by atoms with Gasteiger partial charge in [-0.1, -0.05) is 43.2 Å². The van der Waals surface area contributed by atoms with E-state index in [1.54, 1.807) is 24.3 Å². The summed E-state index contributed by atoms with van der Waals surface area (Å²) in [5, 5.41) is 2.58. The molecule has 1 N–H and O–H groups in total. The number of carbonyl (C=O) groups excluding carboxylic acids is 1. The molecule has 1 aromatic heterocycles. The predicted molar refractivity (Wildman–Crippen MR) is 138 cm³/mol. The minimum absolute atomic E-state index is 0.0611. The van der Waals surface area contributed by atoms with Crippen molar-refractivity contribution < 1.29 is 31.9 Å². The summed E-state index contributed by atoms with van der Waals surface area (Å²) in [4.78, 5) is 25.3. The Kier molecular flexibility index (Phi) is 8.05. The van der Waals surface area contributed by atoms with Gasteiger partial charge in [-0.3, -0.25) is 9.59 Å². The number of unbranched alkanes of at least 4 members (excludes halogenated alkanes) is 1. The summed E-state index contributed by atoms with van der Waals surface area (Å²) >= 11 is 0. The SMILES string of the molecule is CCCCc1ccc(NC(=O)COc2ccc3c(=O)c(Oc4ccc(C)cc4)c(C(F)(F)F)oc3c2)cc1. The average Bonchev–Trinajstić information content (AvgIpc) is 2.89. The van der Waals surface area contributed by atoms with Gasteiger partial charge in [0, 0.05) is 11.8 Å². The lowest BCUT2D eigenvalue weighted by Crippen LogP contribution is -2.20. The van der Waals surface area contributed by atoms with Gasteiger partial charge < -0.3 is 19.2 Å². The van der Waals surface area contributed by atoms with E-state index in [4.69, 9.17) is 13.9 Å². The predicted octanol–water partition coefficient (Wildman–Crippen LogP) is 7.27. The number of hydrogen-bond donors (Lipinski definition) is 1. The Morgan fingerprint density at radius 2 is 1.66 bits per heavy atom. The van der Waals surface area contributed by atoms with Crippen LogP contribution in [0.25, 0.3) is 11.0 Å². The lowest BCUT2D eigenvalue weighted by atomic mass is 10.1. The minimum Gasteiger partial charge on any atom is -0.484 e. The second-order valence-corrected chi connectivity index (χ2v) is 8.80. The molecular formula is C29H26F3NO5. The normalized spacial score (nSPS) is 11.4. The summed E-state index contributed by atoms with van der Waals surface area (Å²) in [5.41, 5.74) is 1.31. The molecule has 4 aromatic rings. The Morgan fingerprint density at radius 1 is 0.974 bits per heavy atom. The van der Waals surface area contributed by atoms with Gasteiger partial charge in [-0.05, 0) is 61.7 Å². The van der Waals surface area contributed by atoms with Crippen LogP contribution in [0.2, 0.25) is 0 Å². The van der Waals surface area contributed by atoms with Gasteiger partial charge in [0.2, 0.25) is 11.2 Å². The highest BCUT2D eigenvalue weighted by Crippen LogP contribution is 2.38. The molecule has 38 heavy (non-hydrogen) atoms. The maximum absolute atomic E-state index is 13.8. The third kappa shape index (κ3) is 6.53. The van der Waals surface area contributed by atoms with E-state index >= 15 is 0 Å². The highest BCUT2D eigenvalue weighted by molar-refractivity contribution is 5.92. The highest BCUT2D eigenvalue weighted by atomic mass is 19.4. The number of benzene rings is 3. The van der Waals surface area contributed by atoms with Crippen molar-refractivity contribution in [1.82, 2.24) is 0 Å². The van der Waals surface area contributed by atoms with Crippen molar-refractivity contribution in [2.75, 3.05) is 11.9 Å². The Hall–Kier alpha value is -4.27. The van der Waals surface area contributed by atoms with Gasteiger partial charge in [0.1, 0.15) is 17.1 Å². The van der Waals surface area contributed by atoms with Gasteiger partial charge in [0.05, 0.1) is 5.39 Å². The lowest BCUT2D eigenvalue weighted by molar-refractivity contribution is -0.154. The van der Waals surface area contributed by atoms with Crippen LogP contribution in [-0.4, -0.2) is 12.5 Å². The molecule has 0 aliphatic carbocycles. The number of aryl methyl sites for hydroxylation is 2. The van der Waals surface area contributed by atoms with Crippen molar-refractivity contribution in [3.63, 3.8) is 0 Å². The van der Waals surface area contributed by atoms with E-state index in [-0.39, 0.29) is 22.5 Å². The van der Waals surface area contributed by atoms with E-state index in [9.17, 15) is 22.8 Å². The molecule has 0 spiro atoms. The van der Waals surface area contributed by atoms with E-state index in [1.807, 2.05) is 19.1 Å². The van der Waals surface area contributed by atoms with Crippen LogP contribution in [0.4, 0.5) is 18.9 Å². The van der Waals surface area contributed by atoms with Gasteiger partial charge in [0.25, 0.3) is 11.7 Å². The fraction of sp³-hybridized carbons (Fsp3) is 0.241. The second kappa shape index (κ2) is 11.4. The highest BCUT2D eigenvalue weighted by Gasteiger charge is 2.40. The summed E-state index contributed by atoms with van der Waals surface area (Å²) in [6.45, 7) is 3.53. The number of halogens is 3. The molecule has 3 aromatic carbocycles. The summed E-state index contributed by atoms with van der Waals surface area (Å²) < 4.78 is 57.2. The molecule has 198 valence electrons. The third-order valence-corrected chi connectivity index (χ3v) is 5.75. The van der Waals surface area contributed by atoms with Crippen LogP contribution >= 0.6 is 0 Å². The largest absolute Gasteiger partial charge is 0.484 e. The molecule has 0 saturated carbocycles. The first-order valence-corrected chi connectivity index (χ1v) is 12.1. The van der Waals surface area contributed by atoms with E-state index < -0.39 is 35.6 Å². The summed E-state index contributed by atoms with van der Waals surface area (Å²) in [6.07, 6.45) is -1.86. The standard InChI is InChI=1S/C29H26F3NO5/c1-3-4-5-19-8-10-20(11-9-19)33-25(34)17-36-22-14-15-23-24(16-22)38-28(29(30,31)32)27(26(23)35)37-21-12-6-18(2)7-13-21/h6-16H,3-5,17H2,1-2H3,(H,33,34). The molecule has 0 aliphatic rings. The third-order valence-electron chi connectivity index (χ3n) is 5.75. The number of nitrogens with one attached hydrogen (secondary N) is 1. The van der Waals surface area contributed by atoms with E-state index in [1.165, 1.54) is 29.8 Å². The molecule has 0 aliphatic heterocycles. The lowest BCUT2D eigenvalue weighted by Gasteiger charge is -2.14. The van der Waals surface area contributed by atoms with Crippen LogP contribution in [0.1, 0.15) is 36.7 Å². The van der Waals surface area contributed by atoms with Gasteiger partial charge in [-0.2, -0.15) is 13.2 Å². The maximum Gasteiger partial charge on any atom is 0.453 e. The van der Waals surface area contributed by atoms with Crippen LogP contribution in [0.5, 0.6) is 17.2 Å². The second-order valence-electron chi connectivity index (χ2n) is 8.80. The number of carbonyl (C=O) groups is 1. The molecule has 0 saturated heterocycles. The Balaban J connectivity index is 1.51. The van der Waals surface area contributed by atoms with Crippen molar-refractivity contribution in [2.24, 2.45) is 0 Å². The van der Waals surface area contributed by atoms with Crippen LogP contribution in [-0.2, 0) is 17.4 Å². The van der Waals surface area contributed by atoms with E-state index in [2.05, 4.69) is 12.2 Å². The number of rotatable bonds is 9. The molecule has 9 heteroatoms. The zero-order valence-corrected chi connectivity index (χ0v) is 20.9. The Morgan fingerprint density at radius 3 is 2.32 bits per heavy atom. The van der Waals surface area contributed by atoms with Crippen molar-refractivity contribution in [3.05, 3.63) is 93.8 Å². The van der Waals surface area contributed by atoms with Crippen molar-refractivity contribution in [1.29, 1.82) is 0 Å². The minimum atomic E-state index is -4.99. The molecule has 6 nitrogen and oxygen atoms in total. The number of amides is 1. The molecular weight excluding hydrogens is 499 g/mol. The van der Waals surface area contributed by atoms with Gasteiger partial charge in [-0.15, -0.1) is 0 Å². The molecule has 1 heterocycles. The average molecular weight is 526 g/mol. The quantitative estimate of drug-likeness (QED) is 0.249. The van der Waals surface area contributed by atoms with Gasteiger partial charge in [-0.25, -0.2) is 0 Å². The topological polar surface area (TPSA) is 77.8 Å². The smallest absolute Gasteiger partial charge is 0.453 e. The van der Waals surface area contributed by atoms with E-state index in [0.717, 1.165) is 30.9 Å². The maximum atomic E-state index is 13.8. The number of hydrogen-bond acceptors (Lipinski definition) is 5. The molecule has 0 unspecified atom stereocenters. The van der Waals surface area contributed by atoms with Gasteiger partial charge in [0.15, 0.2) is 6.61 Å².